The highest BCUT2D eigenvalue weighted by molar-refractivity contribution is 7.18. The van der Waals surface area contributed by atoms with Gasteiger partial charge in [-0.1, -0.05) is 0 Å². The van der Waals surface area contributed by atoms with Crippen LogP contribution in [0.5, 0.6) is 0 Å². The van der Waals surface area contributed by atoms with Crippen molar-refractivity contribution in [1.82, 2.24) is 9.97 Å². The second-order valence-electron chi connectivity index (χ2n) is 4.53. The van der Waals surface area contributed by atoms with Gasteiger partial charge in [-0.2, -0.15) is 0 Å². The van der Waals surface area contributed by atoms with E-state index in [1.54, 1.807) is 18.3 Å². The van der Waals surface area contributed by atoms with Gasteiger partial charge in [-0.3, -0.25) is 9.59 Å². The monoisotopic (exact) mass is 278 g/mol. The normalized spacial score (nSPS) is 13.7. The van der Waals surface area contributed by atoms with Crippen molar-refractivity contribution < 1.29 is 9.53 Å². The van der Waals surface area contributed by atoms with Crippen LogP contribution in [0.25, 0.3) is 10.2 Å². The van der Waals surface area contributed by atoms with Gasteiger partial charge < -0.3 is 9.72 Å². The van der Waals surface area contributed by atoms with Crippen molar-refractivity contribution in [3.8, 4) is 0 Å². The topological polar surface area (TPSA) is 72.0 Å². The van der Waals surface area contributed by atoms with Crippen LogP contribution in [0.4, 0.5) is 0 Å². The first-order valence-electron chi connectivity index (χ1n) is 6.38. The molecule has 0 bridgehead atoms. The summed E-state index contributed by atoms with van der Waals surface area (Å²) in [6.45, 7) is 2.08. The minimum Gasteiger partial charge on any atom is -0.466 e. The summed E-state index contributed by atoms with van der Waals surface area (Å²) < 4.78 is 4.86. The molecule has 100 valence electrons. The van der Waals surface area contributed by atoms with E-state index in [1.807, 2.05) is 0 Å². The Kier molecular flexibility index (Phi) is 3.10. The van der Waals surface area contributed by atoms with Crippen molar-refractivity contribution in [2.45, 2.75) is 32.6 Å². The number of aromatic nitrogens is 2. The Morgan fingerprint density at radius 1 is 1.47 bits per heavy atom. The molecule has 2 aromatic heterocycles. The number of nitrogens with one attached hydrogen (secondary N) is 1. The highest BCUT2D eigenvalue weighted by atomic mass is 32.1. The quantitative estimate of drug-likeness (QED) is 0.865. The van der Waals surface area contributed by atoms with E-state index in [0.29, 0.717) is 17.8 Å². The summed E-state index contributed by atoms with van der Waals surface area (Å²) in [7, 11) is 0. The Morgan fingerprint density at radius 3 is 3.11 bits per heavy atom. The zero-order chi connectivity index (χ0) is 13.4. The van der Waals surface area contributed by atoms with Crippen molar-refractivity contribution in [2.24, 2.45) is 0 Å². The number of H-pyrrole nitrogens is 1. The first-order valence-corrected chi connectivity index (χ1v) is 7.19. The van der Waals surface area contributed by atoms with Gasteiger partial charge >= 0.3 is 5.97 Å². The van der Waals surface area contributed by atoms with Crippen molar-refractivity contribution in [1.29, 1.82) is 0 Å². The molecule has 0 aromatic carbocycles. The number of hydrogen-bond acceptors (Lipinski definition) is 5. The fraction of sp³-hybridized carbons (Fsp3) is 0.462. The van der Waals surface area contributed by atoms with Crippen molar-refractivity contribution in [3.63, 3.8) is 0 Å². The third kappa shape index (κ3) is 2.16. The highest BCUT2D eigenvalue weighted by Gasteiger charge is 2.21. The van der Waals surface area contributed by atoms with E-state index >= 15 is 0 Å². The van der Waals surface area contributed by atoms with E-state index in [4.69, 9.17) is 4.74 Å². The molecule has 0 spiro atoms. The molecule has 0 saturated heterocycles. The summed E-state index contributed by atoms with van der Waals surface area (Å²) in [5.74, 6) is 0.0185. The zero-order valence-electron chi connectivity index (χ0n) is 10.6. The molecule has 19 heavy (non-hydrogen) atoms. The third-order valence-electron chi connectivity index (χ3n) is 3.24. The molecule has 0 aliphatic heterocycles. The van der Waals surface area contributed by atoms with Crippen LogP contribution in [0.15, 0.2) is 4.79 Å². The van der Waals surface area contributed by atoms with E-state index in [-0.39, 0.29) is 17.9 Å². The van der Waals surface area contributed by atoms with Crippen LogP contribution in [-0.2, 0) is 28.8 Å². The van der Waals surface area contributed by atoms with E-state index in [2.05, 4.69) is 9.97 Å². The third-order valence-corrected chi connectivity index (χ3v) is 4.43. The number of fused-ring (bicyclic) bond motifs is 3. The molecule has 1 aliphatic carbocycles. The largest absolute Gasteiger partial charge is 0.466 e. The summed E-state index contributed by atoms with van der Waals surface area (Å²) >= 11 is 1.57. The number of rotatable bonds is 3. The first-order chi connectivity index (χ1) is 9.19. The van der Waals surface area contributed by atoms with Crippen molar-refractivity contribution in [2.75, 3.05) is 6.61 Å². The lowest BCUT2D eigenvalue weighted by Crippen LogP contribution is -2.16. The fourth-order valence-electron chi connectivity index (χ4n) is 2.48. The van der Waals surface area contributed by atoms with Gasteiger partial charge in [-0.15, -0.1) is 11.3 Å². The number of aryl methyl sites for hydroxylation is 2. The number of carbonyl (C=O) groups excluding carboxylic acids is 1. The maximum absolute atomic E-state index is 12.1. The number of hydrogen-bond donors (Lipinski definition) is 1. The molecule has 0 fully saturated rings. The molecule has 6 heteroatoms. The van der Waals surface area contributed by atoms with Crippen LogP contribution in [0.2, 0.25) is 0 Å². The van der Waals surface area contributed by atoms with Gasteiger partial charge in [0.15, 0.2) is 0 Å². The Morgan fingerprint density at radius 2 is 2.32 bits per heavy atom. The molecule has 0 atom stereocenters. The zero-order valence-corrected chi connectivity index (χ0v) is 11.4. The van der Waals surface area contributed by atoms with Crippen molar-refractivity contribution in [3.05, 3.63) is 26.6 Å². The number of ether oxygens (including phenoxy) is 1. The molecule has 2 aromatic rings. The molecule has 1 aliphatic rings. The fourth-order valence-corrected chi connectivity index (χ4v) is 3.76. The summed E-state index contributed by atoms with van der Waals surface area (Å²) in [5.41, 5.74) is 1.01. The molecule has 3 rings (SSSR count). The molecule has 1 N–H and O–H groups in total. The van der Waals surface area contributed by atoms with Gasteiger partial charge in [0.2, 0.25) is 0 Å². The maximum Gasteiger partial charge on any atom is 0.313 e. The molecule has 0 radical (unpaired) electrons. The number of carbonyl (C=O) groups is 1. The molecule has 2 heterocycles. The SMILES string of the molecule is CCOC(=O)Cc1nc2sc3c(c2c(=O)[nH]1)CCC3. The Labute approximate surface area is 113 Å². The summed E-state index contributed by atoms with van der Waals surface area (Å²) in [6.07, 6.45) is 3.11. The van der Waals surface area contributed by atoms with Crippen LogP contribution in [-0.4, -0.2) is 22.5 Å². The highest BCUT2D eigenvalue weighted by Crippen LogP contribution is 2.34. The average molecular weight is 278 g/mol. The van der Waals surface area contributed by atoms with Gasteiger partial charge in [-0.05, 0) is 31.7 Å². The van der Waals surface area contributed by atoms with Gasteiger partial charge in [-0.25, -0.2) is 4.98 Å². The lowest BCUT2D eigenvalue weighted by Gasteiger charge is -2.01. The number of esters is 1. The minimum atomic E-state index is -0.367. The van der Waals surface area contributed by atoms with E-state index in [0.717, 1.165) is 29.7 Å². The van der Waals surface area contributed by atoms with E-state index in [1.165, 1.54) is 4.88 Å². The number of thiophene rings is 1. The summed E-state index contributed by atoms with van der Waals surface area (Å²) in [6, 6.07) is 0. The molecular weight excluding hydrogens is 264 g/mol. The van der Waals surface area contributed by atoms with Crippen LogP contribution >= 0.6 is 11.3 Å². The molecule has 0 unspecified atom stereocenters. The van der Waals surface area contributed by atoms with E-state index in [9.17, 15) is 9.59 Å². The van der Waals surface area contributed by atoms with Crippen molar-refractivity contribution >= 4 is 27.5 Å². The smallest absolute Gasteiger partial charge is 0.313 e. The van der Waals surface area contributed by atoms with Crippen LogP contribution < -0.4 is 5.56 Å². The second-order valence-corrected chi connectivity index (χ2v) is 5.62. The van der Waals surface area contributed by atoms with Crippen LogP contribution in [0.1, 0.15) is 29.6 Å². The average Bonchev–Trinajstić information content (AvgIpc) is 2.88. The lowest BCUT2D eigenvalue weighted by molar-refractivity contribution is -0.142. The molecule has 0 amide bonds. The first kappa shape index (κ1) is 12.3. The minimum absolute atomic E-state index is 0.0155. The second kappa shape index (κ2) is 4.77. The Bertz CT molecular complexity index is 702. The predicted molar refractivity (Wildman–Crippen MR) is 72.6 cm³/mol. The van der Waals surface area contributed by atoms with Crippen LogP contribution in [0, 0.1) is 0 Å². The van der Waals surface area contributed by atoms with Gasteiger partial charge in [0.25, 0.3) is 5.56 Å². The van der Waals surface area contributed by atoms with Gasteiger partial charge in [0, 0.05) is 4.88 Å². The molecular formula is C13H14N2O3S. The van der Waals surface area contributed by atoms with E-state index < -0.39 is 0 Å². The summed E-state index contributed by atoms with van der Waals surface area (Å²) in [5, 5.41) is 0.713. The molecule has 5 nitrogen and oxygen atoms in total. The Balaban J connectivity index is 2.01. The maximum atomic E-state index is 12.1. The molecule has 0 saturated carbocycles. The predicted octanol–water partition coefficient (Wildman–Crippen LogP) is 1.58. The standard InChI is InChI=1S/C13H14N2O3S/c1-2-18-10(16)6-9-14-12(17)11-7-4-3-5-8(7)19-13(11)15-9/h2-6H2,1H3,(H,14,15,17). The van der Waals surface area contributed by atoms with Gasteiger partial charge in [0.1, 0.15) is 17.1 Å². The number of nitrogens with zero attached hydrogens (tertiary/aromatic N) is 1. The van der Waals surface area contributed by atoms with Gasteiger partial charge in [0.05, 0.1) is 12.0 Å². The lowest BCUT2D eigenvalue weighted by atomic mass is 10.2. The Hall–Kier alpha value is -1.69. The summed E-state index contributed by atoms with van der Waals surface area (Å²) in [4.78, 5) is 32.6. The van der Waals surface area contributed by atoms with Crippen LogP contribution in [0.3, 0.4) is 0 Å². The number of aromatic amines is 1.